The molecule has 4 heteroatoms. The minimum absolute atomic E-state index is 0.174. The van der Waals surface area contributed by atoms with Gasteiger partial charge >= 0.3 is 0 Å². The summed E-state index contributed by atoms with van der Waals surface area (Å²) in [6.45, 7) is 0. The summed E-state index contributed by atoms with van der Waals surface area (Å²) in [7, 11) is 0. The Morgan fingerprint density at radius 2 is 2.13 bits per heavy atom. The van der Waals surface area contributed by atoms with E-state index in [9.17, 15) is 9.59 Å². The van der Waals surface area contributed by atoms with Crippen molar-refractivity contribution in [2.75, 3.05) is 0 Å². The van der Waals surface area contributed by atoms with Crippen molar-refractivity contribution in [3.8, 4) is 0 Å². The average Bonchev–Trinajstić information content (AvgIpc) is 2.16. The quantitative estimate of drug-likeness (QED) is 0.622. The molecule has 3 rings (SSSR count). The zero-order valence-corrected chi connectivity index (χ0v) is 8.12. The smallest absolute Gasteiger partial charge is 0.277 e. The van der Waals surface area contributed by atoms with E-state index in [4.69, 9.17) is 0 Å². The molecule has 0 aromatic heterocycles. The van der Waals surface area contributed by atoms with E-state index in [-0.39, 0.29) is 17.4 Å². The number of carbonyl (C=O) groups excluding carboxylic acids is 2. The Morgan fingerprint density at radius 1 is 1.33 bits per heavy atom. The second-order valence-corrected chi connectivity index (χ2v) is 4.15. The van der Waals surface area contributed by atoms with Crippen LogP contribution in [0.4, 0.5) is 0 Å². The zero-order chi connectivity index (χ0) is 10.5. The molecule has 1 aliphatic carbocycles. The molecule has 0 bridgehead atoms. The first-order valence-corrected chi connectivity index (χ1v) is 5.05. The number of aliphatic imine (C=N–C) groups is 1. The number of carbonyl (C=O) groups is 2. The van der Waals surface area contributed by atoms with Crippen LogP contribution in [0.1, 0.15) is 19.3 Å². The van der Waals surface area contributed by atoms with Gasteiger partial charge in [-0.1, -0.05) is 0 Å². The van der Waals surface area contributed by atoms with Crippen molar-refractivity contribution in [1.29, 1.82) is 0 Å². The third kappa shape index (κ3) is 1.04. The number of fused-ring (bicyclic) bond motifs is 2. The SMILES string of the molecule is O=C1C=C2C(=O)N=CC=C2C2(CCC2)N1. The van der Waals surface area contributed by atoms with Crippen LogP contribution in [0.3, 0.4) is 0 Å². The van der Waals surface area contributed by atoms with Crippen LogP contribution in [-0.2, 0) is 9.59 Å². The van der Waals surface area contributed by atoms with E-state index in [0.29, 0.717) is 5.57 Å². The highest BCUT2D eigenvalue weighted by Gasteiger charge is 2.46. The van der Waals surface area contributed by atoms with E-state index in [1.165, 1.54) is 12.3 Å². The predicted octanol–water partition coefficient (Wildman–Crippen LogP) is 0.503. The van der Waals surface area contributed by atoms with Gasteiger partial charge in [-0.15, -0.1) is 0 Å². The van der Waals surface area contributed by atoms with Gasteiger partial charge in [0, 0.05) is 12.3 Å². The highest BCUT2D eigenvalue weighted by Crippen LogP contribution is 2.43. The first-order chi connectivity index (χ1) is 7.21. The van der Waals surface area contributed by atoms with Gasteiger partial charge in [0.05, 0.1) is 11.1 Å². The fraction of sp³-hybridized carbons (Fsp3) is 0.364. The van der Waals surface area contributed by atoms with Crippen LogP contribution in [0.15, 0.2) is 28.3 Å². The lowest BCUT2D eigenvalue weighted by Crippen LogP contribution is -2.57. The molecule has 1 spiro atoms. The molecule has 0 radical (unpaired) electrons. The van der Waals surface area contributed by atoms with E-state index in [2.05, 4.69) is 10.3 Å². The fourth-order valence-corrected chi connectivity index (χ4v) is 2.41. The number of hydrogen-bond acceptors (Lipinski definition) is 2. The maximum Gasteiger partial charge on any atom is 0.277 e. The third-order valence-corrected chi connectivity index (χ3v) is 3.31. The average molecular weight is 202 g/mol. The maximum absolute atomic E-state index is 11.5. The second-order valence-electron chi connectivity index (χ2n) is 4.15. The van der Waals surface area contributed by atoms with Crippen molar-refractivity contribution >= 4 is 18.0 Å². The molecule has 0 aromatic carbocycles. The van der Waals surface area contributed by atoms with Gasteiger partial charge in [-0.3, -0.25) is 9.59 Å². The van der Waals surface area contributed by atoms with E-state index < -0.39 is 0 Å². The van der Waals surface area contributed by atoms with E-state index >= 15 is 0 Å². The number of nitrogens with zero attached hydrogens (tertiary/aromatic N) is 1. The standard InChI is InChI=1S/C11H10N2O2/c14-9-6-7-8(2-5-12-10(7)15)11(13-9)3-1-4-11/h2,5-6H,1,3-4H2,(H,13,14). The first kappa shape index (κ1) is 8.59. The summed E-state index contributed by atoms with van der Waals surface area (Å²) in [5.41, 5.74) is 1.14. The third-order valence-electron chi connectivity index (χ3n) is 3.31. The maximum atomic E-state index is 11.5. The normalized spacial score (nSPS) is 26.4. The molecule has 1 N–H and O–H groups in total. The van der Waals surface area contributed by atoms with Gasteiger partial charge in [0.2, 0.25) is 5.91 Å². The zero-order valence-electron chi connectivity index (χ0n) is 8.12. The molecule has 0 aromatic rings. The van der Waals surface area contributed by atoms with Gasteiger partial charge < -0.3 is 5.32 Å². The molecule has 0 atom stereocenters. The highest BCUT2D eigenvalue weighted by atomic mass is 16.2. The summed E-state index contributed by atoms with van der Waals surface area (Å²) in [5, 5.41) is 2.95. The minimum atomic E-state index is -0.298. The van der Waals surface area contributed by atoms with E-state index in [1.807, 2.05) is 6.08 Å². The molecular weight excluding hydrogens is 192 g/mol. The molecule has 2 amide bonds. The Morgan fingerprint density at radius 3 is 2.80 bits per heavy atom. The van der Waals surface area contributed by atoms with Crippen molar-refractivity contribution in [1.82, 2.24) is 5.32 Å². The van der Waals surface area contributed by atoms with Crippen molar-refractivity contribution in [2.24, 2.45) is 4.99 Å². The van der Waals surface area contributed by atoms with Gasteiger partial charge in [-0.2, -0.15) is 0 Å². The lowest BCUT2D eigenvalue weighted by Gasteiger charge is -2.46. The van der Waals surface area contributed by atoms with Crippen LogP contribution in [0.2, 0.25) is 0 Å². The van der Waals surface area contributed by atoms with Gasteiger partial charge in [-0.25, -0.2) is 4.99 Å². The topological polar surface area (TPSA) is 58.5 Å². The summed E-state index contributed by atoms with van der Waals surface area (Å²) in [4.78, 5) is 26.7. The van der Waals surface area contributed by atoms with Crippen LogP contribution in [0, 0.1) is 0 Å². The number of allylic oxidation sites excluding steroid dienone is 1. The van der Waals surface area contributed by atoms with Gasteiger partial charge in [0.15, 0.2) is 0 Å². The van der Waals surface area contributed by atoms with Crippen LogP contribution < -0.4 is 5.32 Å². The Labute approximate surface area is 86.8 Å². The number of hydrogen-bond donors (Lipinski definition) is 1. The largest absolute Gasteiger partial charge is 0.343 e. The van der Waals surface area contributed by atoms with E-state index in [0.717, 1.165) is 24.8 Å². The van der Waals surface area contributed by atoms with Crippen molar-refractivity contribution in [3.05, 3.63) is 23.3 Å². The van der Waals surface area contributed by atoms with Crippen molar-refractivity contribution in [2.45, 2.75) is 24.8 Å². The molecule has 1 fully saturated rings. The summed E-state index contributed by atoms with van der Waals surface area (Å²) in [5.74, 6) is -0.471. The number of dihydropyridines is 1. The Balaban J connectivity index is 2.14. The summed E-state index contributed by atoms with van der Waals surface area (Å²) in [6.07, 6.45) is 7.65. The molecule has 15 heavy (non-hydrogen) atoms. The van der Waals surface area contributed by atoms with Crippen LogP contribution >= 0.6 is 0 Å². The highest BCUT2D eigenvalue weighted by molar-refractivity contribution is 6.13. The Kier molecular flexibility index (Phi) is 1.52. The lowest BCUT2D eigenvalue weighted by molar-refractivity contribution is -0.121. The molecule has 3 aliphatic rings. The molecule has 2 aliphatic heterocycles. The summed E-state index contributed by atoms with van der Waals surface area (Å²) >= 11 is 0. The van der Waals surface area contributed by atoms with E-state index in [1.54, 1.807) is 0 Å². The molecule has 0 unspecified atom stereocenters. The molecule has 1 saturated carbocycles. The van der Waals surface area contributed by atoms with Crippen LogP contribution in [-0.4, -0.2) is 23.6 Å². The van der Waals surface area contributed by atoms with Crippen molar-refractivity contribution < 1.29 is 9.59 Å². The van der Waals surface area contributed by atoms with Crippen LogP contribution in [0.5, 0.6) is 0 Å². The molecular formula is C11H10N2O2. The predicted molar refractivity (Wildman–Crippen MR) is 54.4 cm³/mol. The molecule has 2 heterocycles. The molecule has 4 nitrogen and oxygen atoms in total. The minimum Gasteiger partial charge on any atom is -0.343 e. The van der Waals surface area contributed by atoms with Gasteiger partial charge in [-0.05, 0) is 30.9 Å². The molecule has 0 saturated heterocycles. The fourth-order valence-electron chi connectivity index (χ4n) is 2.41. The lowest BCUT2D eigenvalue weighted by atomic mass is 9.67. The van der Waals surface area contributed by atoms with Crippen LogP contribution in [0.25, 0.3) is 0 Å². The van der Waals surface area contributed by atoms with Gasteiger partial charge in [0.1, 0.15) is 0 Å². The summed E-state index contributed by atoms with van der Waals surface area (Å²) < 4.78 is 0. The summed E-state index contributed by atoms with van der Waals surface area (Å²) in [6, 6.07) is 0. The number of amides is 2. The second kappa shape index (κ2) is 2.66. The number of rotatable bonds is 0. The monoisotopic (exact) mass is 202 g/mol. The first-order valence-electron chi connectivity index (χ1n) is 5.05. The Bertz CT molecular complexity index is 453. The Hall–Kier alpha value is -1.71. The molecule has 76 valence electrons. The van der Waals surface area contributed by atoms with Gasteiger partial charge in [0.25, 0.3) is 5.91 Å². The van der Waals surface area contributed by atoms with Crippen molar-refractivity contribution in [3.63, 3.8) is 0 Å². The number of nitrogens with one attached hydrogen (secondary N) is 1.